The molecule has 5 heteroatoms. The summed E-state index contributed by atoms with van der Waals surface area (Å²) in [5, 5.41) is 6.39. The molecule has 114 valence electrons. The monoisotopic (exact) mass is 291 g/mol. The van der Waals surface area contributed by atoms with E-state index in [4.69, 9.17) is 5.73 Å². The first-order valence-electron chi connectivity index (χ1n) is 7.59. The zero-order valence-corrected chi connectivity index (χ0v) is 12.1. The minimum absolute atomic E-state index is 0.0408. The molecule has 1 atom stereocenters. The number of hydrogen-bond donors (Lipinski definition) is 3. The molecular weight excluding hydrogens is 269 g/mol. The maximum Gasteiger partial charge on any atom is 0.220 e. The molecule has 2 saturated heterocycles. The van der Waals surface area contributed by atoms with Gasteiger partial charge < -0.3 is 16.4 Å². The van der Waals surface area contributed by atoms with Crippen LogP contribution in [0.3, 0.4) is 0 Å². The van der Waals surface area contributed by atoms with Gasteiger partial charge in [-0.2, -0.15) is 0 Å². The van der Waals surface area contributed by atoms with Gasteiger partial charge in [0.1, 0.15) is 5.82 Å². The summed E-state index contributed by atoms with van der Waals surface area (Å²) >= 11 is 0. The molecule has 1 aliphatic carbocycles. The van der Waals surface area contributed by atoms with E-state index in [0.29, 0.717) is 13.0 Å². The third-order valence-electron chi connectivity index (χ3n) is 4.77. The highest BCUT2D eigenvalue weighted by Crippen LogP contribution is 2.46. The first-order valence-corrected chi connectivity index (χ1v) is 7.59. The number of halogens is 1. The number of benzene rings is 1. The van der Waals surface area contributed by atoms with Crippen LogP contribution in [0, 0.1) is 11.7 Å². The number of carbonyl (C=O) groups is 1. The van der Waals surface area contributed by atoms with Crippen LogP contribution in [-0.4, -0.2) is 24.5 Å². The van der Waals surface area contributed by atoms with Crippen molar-refractivity contribution in [3.63, 3.8) is 0 Å². The Hall–Kier alpha value is -1.46. The van der Waals surface area contributed by atoms with Crippen molar-refractivity contribution >= 4 is 5.91 Å². The standard InChI is InChI=1S/C16H22FN3O/c17-13-3-1-12(2-4-13)14(18)10-19-15(21)5-6-16-7-11(8-16)9-20-16/h1-4,11,14,20H,5-10,18H2,(H,19,21). The predicted octanol–water partition coefficient (Wildman–Crippen LogP) is 1.47. The molecule has 4 rings (SSSR count). The molecule has 2 aliphatic heterocycles. The fraction of sp³-hybridized carbons (Fsp3) is 0.562. The Morgan fingerprint density at radius 1 is 1.43 bits per heavy atom. The van der Waals surface area contributed by atoms with Crippen molar-refractivity contribution in [2.75, 3.05) is 13.1 Å². The second-order valence-electron chi connectivity index (χ2n) is 6.40. The highest BCUT2D eigenvalue weighted by molar-refractivity contribution is 5.76. The van der Waals surface area contributed by atoms with Crippen LogP contribution in [0.1, 0.15) is 37.3 Å². The summed E-state index contributed by atoms with van der Waals surface area (Å²) in [6, 6.07) is 5.78. The molecule has 0 radical (unpaired) electrons. The normalized spacial score (nSPS) is 28.0. The van der Waals surface area contributed by atoms with E-state index in [2.05, 4.69) is 10.6 Å². The molecule has 4 nitrogen and oxygen atoms in total. The van der Waals surface area contributed by atoms with Crippen molar-refractivity contribution in [2.24, 2.45) is 11.7 Å². The average molecular weight is 291 g/mol. The van der Waals surface area contributed by atoms with E-state index in [1.165, 1.54) is 25.0 Å². The lowest BCUT2D eigenvalue weighted by atomic mass is 9.71. The lowest BCUT2D eigenvalue weighted by Gasteiger charge is -2.37. The van der Waals surface area contributed by atoms with Crippen LogP contribution in [0.25, 0.3) is 0 Å². The Kier molecular flexibility index (Phi) is 3.95. The first-order chi connectivity index (χ1) is 10.1. The molecule has 4 N–H and O–H groups in total. The van der Waals surface area contributed by atoms with Gasteiger partial charge in [0.15, 0.2) is 0 Å². The van der Waals surface area contributed by atoms with E-state index in [1.54, 1.807) is 12.1 Å². The number of hydrogen-bond acceptors (Lipinski definition) is 3. The summed E-state index contributed by atoms with van der Waals surface area (Å²) in [5.74, 6) is 0.594. The zero-order chi connectivity index (χ0) is 14.9. The summed E-state index contributed by atoms with van der Waals surface area (Å²) < 4.78 is 12.8. The summed E-state index contributed by atoms with van der Waals surface area (Å²) in [4.78, 5) is 11.9. The van der Waals surface area contributed by atoms with Crippen molar-refractivity contribution in [2.45, 2.75) is 37.3 Å². The molecule has 21 heavy (non-hydrogen) atoms. The number of amides is 1. The van der Waals surface area contributed by atoms with Gasteiger partial charge in [-0.25, -0.2) is 4.39 Å². The van der Waals surface area contributed by atoms with Crippen LogP contribution in [0.5, 0.6) is 0 Å². The van der Waals surface area contributed by atoms with E-state index in [9.17, 15) is 9.18 Å². The lowest BCUT2D eigenvalue weighted by molar-refractivity contribution is -0.121. The van der Waals surface area contributed by atoms with Gasteiger partial charge in [0.05, 0.1) is 0 Å². The molecule has 1 aromatic rings. The smallest absolute Gasteiger partial charge is 0.220 e. The quantitative estimate of drug-likeness (QED) is 0.743. The molecule has 1 aromatic carbocycles. The molecule has 3 aliphatic rings. The highest BCUT2D eigenvalue weighted by atomic mass is 19.1. The third-order valence-corrected chi connectivity index (χ3v) is 4.77. The van der Waals surface area contributed by atoms with Gasteiger partial charge >= 0.3 is 0 Å². The fourth-order valence-corrected chi connectivity index (χ4v) is 3.48. The number of nitrogens with two attached hydrogens (primary N) is 1. The average Bonchev–Trinajstić information content (AvgIpc) is 3.03. The van der Waals surface area contributed by atoms with E-state index >= 15 is 0 Å². The minimum atomic E-state index is -0.301. The Bertz CT molecular complexity index is 505. The number of rotatable bonds is 6. The summed E-state index contributed by atoms with van der Waals surface area (Å²) in [7, 11) is 0. The molecule has 0 aromatic heterocycles. The number of nitrogens with one attached hydrogen (secondary N) is 2. The SMILES string of the molecule is NC(CNC(=O)CCC12CC(CN1)C2)c1ccc(F)cc1. The van der Waals surface area contributed by atoms with Crippen molar-refractivity contribution in [1.29, 1.82) is 0 Å². The zero-order valence-electron chi connectivity index (χ0n) is 12.1. The third kappa shape index (κ3) is 3.24. The van der Waals surface area contributed by atoms with Crippen molar-refractivity contribution in [1.82, 2.24) is 10.6 Å². The van der Waals surface area contributed by atoms with Crippen molar-refractivity contribution < 1.29 is 9.18 Å². The van der Waals surface area contributed by atoms with Crippen LogP contribution in [0.2, 0.25) is 0 Å². The Balaban J connectivity index is 1.40. The molecule has 1 unspecified atom stereocenters. The van der Waals surface area contributed by atoms with Gasteiger partial charge in [-0.05, 0) is 49.4 Å². The van der Waals surface area contributed by atoms with E-state index < -0.39 is 0 Å². The van der Waals surface area contributed by atoms with Gasteiger partial charge in [0.2, 0.25) is 5.91 Å². The van der Waals surface area contributed by atoms with Crippen LogP contribution in [0.4, 0.5) is 4.39 Å². The maximum atomic E-state index is 12.8. The number of carbonyl (C=O) groups excluding carboxylic acids is 1. The minimum Gasteiger partial charge on any atom is -0.354 e. The summed E-state index contributed by atoms with van der Waals surface area (Å²) in [6.45, 7) is 1.49. The molecular formula is C16H22FN3O. The van der Waals surface area contributed by atoms with E-state index in [0.717, 1.165) is 24.4 Å². The molecule has 1 saturated carbocycles. The predicted molar refractivity (Wildman–Crippen MR) is 79.0 cm³/mol. The van der Waals surface area contributed by atoms with Crippen LogP contribution in [-0.2, 0) is 4.79 Å². The highest BCUT2D eigenvalue weighted by Gasteiger charge is 2.49. The van der Waals surface area contributed by atoms with Crippen molar-refractivity contribution in [3.05, 3.63) is 35.6 Å². The van der Waals surface area contributed by atoms with Gasteiger partial charge in [-0.15, -0.1) is 0 Å². The molecule has 3 fully saturated rings. The molecule has 2 heterocycles. The second-order valence-corrected chi connectivity index (χ2v) is 6.40. The van der Waals surface area contributed by atoms with Gasteiger partial charge in [-0.3, -0.25) is 4.79 Å². The van der Waals surface area contributed by atoms with Gasteiger partial charge in [-0.1, -0.05) is 12.1 Å². The van der Waals surface area contributed by atoms with Crippen molar-refractivity contribution in [3.8, 4) is 0 Å². The van der Waals surface area contributed by atoms with Crippen LogP contribution < -0.4 is 16.4 Å². The maximum absolute atomic E-state index is 12.8. The van der Waals surface area contributed by atoms with E-state index in [-0.39, 0.29) is 23.3 Å². The largest absolute Gasteiger partial charge is 0.354 e. The van der Waals surface area contributed by atoms with E-state index in [1.807, 2.05) is 0 Å². The lowest BCUT2D eigenvalue weighted by Crippen LogP contribution is -2.44. The Morgan fingerprint density at radius 2 is 2.14 bits per heavy atom. The van der Waals surface area contributed by atoms with Crippen LogP contribution in [0.15, 0.2) is 24.3 Å². The molecule has 2 bridgehead atoms. The second kappa shape index (κ2) is 5.73. The molecule has 0 spiro atoms. The van der Waals surface area contributed by atoms with Gasteiger partial charge in [0, 0.05) is 24.5 Å². The van der Waals surface area contributed by atoms with Gasteiger partial charge in [0.25, 0.3) is 0 Å². The first kappa shape index (κ1) is 14.5. The topological polar surface area (TPSA) is 67.1 Å². The van der Waals surface area contributed by atoms with Crippen LogP contribution >= 0.6 is 0 Å². The number of fused-ring (bicyclic) bond motifs is 1. The summed E-state index contributed by atoms with van der Waals surface area (Å²) in [5.41, 5.74) is 7.06. The Labute approximate surface area is 124 Å². The Morgan fingerprint density at radius 3 is 2.76 bits per heavy atom. The fourth-order valence-electron chi connectivity index (χ4n) is 3.48. The molecule has 1 amide bonds. The summed E-state index contributed by atoms with van der Waals surface area (Å²) in [6.07, 6.45) is 3.88.